The predicted molar refractivity (Wildman–Crippen MR) is 81.0 cm³/mol. The standard InChI is InChI=1S/C16H22N2O2/c1-11(9-18-15(19)20-16(2,3)4)13-10-17-14-8-6-5-7-12(13)14/h5-8,10-11,17H,9H2,1-4H3,(H,18,19)/t11-/m1/s1. The van der Waals surface area contributed by atoms with Crippen molar-refractivity contribution >= 4 is 17.0 Å². The maximum Gasteiger partial charge on any atom is 0.407 e. The van der Waals surface area contributed by atoms with Crippen molar-refractivity contribution in [2.24, 2.45) is 0 Å². The fourth-order valence-corrected chi connectivity index (χ4v) is 2.16. The number of carbonyl (C=O) groups is 1. The molecule has 1 aromatic carbocycles. The van der Waals surface area contributed by atoms with E-state index in [9.17, 15) is 4.79 Å². The van der Waals surface area contributed by atoms with Gasteiger partial charge in [-0.25, -0.2) is 4.79 Å². The molecule has 0 bridgehead atoms. The molecule has 0 unspecified atom stereocenters. The van der Waals surface area contributed by atoms with Crippen LogP contribution in [0.4, 0.5) is 4.79 Å². The maximum atomic E-state index is 11.7. The molecule has 20 heavy (non-hydrogen) atoms. The van der Waals surface area contributed by atoms with Crippen molar-refractivity contribution in [2.45, 2.75) is 39.2 Å². The van der Waals surface area contributed by atoms with Crippen LogP contribution in [0.15, 0.2) is 30.5 Å². The van der Waals surface area contributed by atoms with Gasteiger partial charge >= 0.3 is 6.09 Å². The summed E-state index contributed by atoms with van der Waals surface area (Å²) < 4.78 is 5.24. The Kier molecular flexibility index (Phi) is 4.02. The Morgan fingerprint density at radius 1 is 1.35 bits per heavy atom. The highest BCUT2D eigenvalue weighted by atomic mass is 16.6. The topological polar surface area (TPSA) is 54.1 Å². The molecule has 0 aliphatic carbocycles. The smallest absolute Gasteiger partial charge is 0.407 e. The normalized spacial score (nSPS) is 13.2. The molecule has 1 amide bonds. The molecule has 1 aromatic heterocycles. The van der Waals surface area contributed by atoms with Gasteiger partial charge in [0, 0.05) is 29.6 Å². The second-order valence-electron chi connectivity index (χ2n) is 6.07. The van der Waals surface area contributed by atoms with Gasteiger partial charge in [0.15, 0.2) is 0 Å². The number of alkyl carbamates (subject to hydrolysis) is 1. The number of aromatic nitrogens is 1. The summed E-state index contributed by atoms with van der Waals surface area (Å²) in [6.45, 7) is 8.21. The number of carbonyl (C=O) groups excluding carboxylic acids is 1. The molecule has 108 valence electrons. The van der Waals surface area contributed by atoms with Crippen LogP contribution in [0.3, 0.4) is 0 Å². The van der Waals surface area contributed by atoms with E-state index < -0.39 is 5.60 Å². The number of nitrogens with one attached hydrogen (secondary N) is 2. The Bertz CT molecular complexity index is 596. The molecule has 0 aliphatic heterocycles. The lowest BCUT2D eigenvalue weighted by Gasteiger charge is -2.20. The van der Waals surface area contributed by atoms with E-state index in [1.54, 1.807) is 0 Å². The summed E-state index contributed by atoms with van der Waals surface area (Å²) in [4.78, 5) is 14.9. The summed E-state index contributed by atoms with van der Waals surface area (Å²) in [6.07, 6.45) is 1.63. The Labute approximate surface area is 119 Å². The highest BCUT2D eigenvalue weighted by molar-refractivity contribution is 5.83. The van der Waals surface area contributed by atoms with E-state index in [1.165, 1.54) is 10.9 Å². The minimum absolute atomic E-state index is 0.221. The van der Waals surface area contributed by atoms with Gasteiger partial charge in [-0.1, -0.05) is 25.1 Å². The number of H-pyrrole nitrogens is 1. The van der Waals surface area contributed by atoms with Gasteiger partial charge in [0.25, 0.3) is 0 Å². The first kappa shape index (κ1) is 14.4. The molecule has 4 heteroatoms. The van der Waals surface area contributed by atoms with E-state index in [0.717, 1.165) is 5.52 Å². The van der Waals surface area contributed by atoms with Crippen LogP contribution in [-0.2, 0) is 4.74 Å². The summed E-state index contributed by atoms with van der Waals surface area (Å²) >= 11 is 0. The van der Waals surface area contributed by atoms with Crippen molar-refractivity contribution in [1.29, 1.82) is 0 Å². The molecule has 0 radical (unpaired) electrons. The van der Waals surface area contributed by atoms with Gasteiger partial charge in [-0.3, -0.25) is 0 Å². The summed E-state index contributed by atoms with van der Waals surface area (Å²) in [5.74, 6) is 0.221. The van der Waals surface area contributed by atoms with Crippen LogP contribution in [0, 0.1) is 0 Å². The molecule has 0 saturated carbocycles. The largest absolute Gasteiger partial charge is 0.444 e. The van der Waals surface area contributed by atoms with Crippen molar-refractivity contribution in [3.05, 3.63) is 36.0 Å². The first-order valence-electron chi connectivity index (χ1n) is 6.89. The van der Waals surface area contributed by atoms with Gasteiger partial charge in [-0.2, -0.15) is 0 Å². The average molecular weight is 274 g/mol. The SMILES string of the molecule is C[C@H](CNC(=O)OC(C)(C)C)c1c[nH]c2ccccc12. The van der Waals surface area contributed by atoms with Crippen molar-refractivity contribution in [2.75, 3.05) is 6.54 Å². The van der Waals surface area contributed by atoms with Crippen LogP contribution < -0.4 is 5.32 Å². The monoisotopic (exact) mass is 274 g/mol. The van der Waals surface area contributed by atoms with Gasteiger partial charge in [0.05, 0.1) is 0 Å². The quantitative estimate of drug-likeness (QED) is 0.894. The minimum atomic E-state index is -0.464. The number of amides is 1. The lowest BCUT2D eigenvalue weighted by atomic mass is 10.0. The van der Waals surface area contributed by atoms with E-state index in [1.807, 2.05) is 45.2 Å². The van der Waals surface area contributed by atoms with Crippen LogP contribution in [0.2, 0.25) is 0 Å². The summed E-state index contributed by atoms with van der Waals surface area (Å²) in [6, 6.07) is 8.16. The van der Waals surface area contributed by atoms with E-state index in [-0.39, 0.29) is 12.0 Å². The van der Waals surface area contributed by atoms with Crippen molar-refractivity contribution in [3.63, 3.8) is 0 Å². The predicted octanol–water partition coefficient (Wildman–Crippen LogP) is 3.80. The van der Waals surface area contributed by atoms with Gasteiger partial charge in [0.1, 0.15) is 5.60 Å². The number of benzene rings is 1. The second-order valence-corrected chi connectivity index (χ2v) is 6.07. The number of aromatic amines is 1. The third-order valence-corrected chi connectivity index (χ3v) is 3.10. The van der Waals surface area contributed by atoms with Crippen LogP contribution in [0.25, 0.3) is 10.9 Å². The number of hydrogen-bond acceptors (Lipinski definition) is 2. The van der Waals surface area contributed by atoms with Crippen molar-refractivity contribution in [3.8, 4) is 0 Å². The summed E-state index contributed by atoms with van der Waals surface area (Å²) in [5, 5.41) is 4.02. The van der Waals surface area contributed by atoms with Gasteiger partial charge in [-0.15, -0.1) is 0 Å². The number of fused-ring (bicyclic) bond motifs is 1. The first-order chi connectivity index (χ1) is 9.37. The molecule has 0 saturated heterocycles. The van der Waals surface area contributed by atoms with E-state index in [2.05, 4.69) is 23.3 Å². The van der Waals surface area contributed by atoms with Crippen LogP contribution >= 0.6 is 0 Å². The molecule has 4 nitrogen and oxygen atoms in total. The van der Waals surface area contributed by atoms with E-state index in [4.69, 9.17) is 4.74 Å². The third-order valence-electron chi connectivity index (χ3n) is 3.10. The Hall–Kier alpha value is -1.97. The van der Waals surface area contributed by atoms with Crippen LogP contribution in [0.1, 0.15) is 39.2 Å². The zero-order valence-corrected chi connectivity index (χ0v) is 12.5. The van der Waals surface area contributed by atoms with E-state index >= 15 is 0 Å². The lowest BCUT2D eigenvalue weighted by Crippen LogP contribution is -2.34. The second kappa shape index (κ2) is 5.57. The fraction of sp³-hybridized carbons (Fsp3) is 0.438. The fourth-order valence-electron chi connectivity index (χ4n) is 2.16. The maximum absolute atomic E-state index is 11.7. The molecule has 0 spiro atoms. The summed E-state index contributed by atoms with van der Waals surface area (Å²) in [7, 11) is 0. The van der Waals surface area contributed by atoms with Crippen molar-refractivity contribution in [1.82, 2.24) is 10.3 Å². The first-order valence-corrected chi connectivity index (χ1v) is 6.89. The van der Waals surface area contributed by atoms with E-state index in [0.29, 0.717) is 6.54 Å². The Morgan fingerprint density at radius 2 is 2.05 bits per heavy atom. The van der Waals surface area contributed by atoms with Gasteiger partial charge in [-0.05, 0) is 32.4 Å². The van der Waals surface area contributed by atoms with Crippen LogP contribution in [-0.4, -0.2) is 23.2 Å². The zero-order valence-electron chi connectivity index (χ0n) is 12.5. The number of para-hydroxylation sites is 1. The average Bonchev–Trinajstić information content (AvgIpc) is 2.78. The zero-order chi connectivity index (χ0) is 14.8. The van der Waals surface area contributed by atoms with Gasteiger partial charge in [0.2, 0.25) is 0 Å². The Morgan fingerprint density at radius 3 is 2.75 bits per heavy atom. The molecular formula is C16H22N2O2. The number of ether oxygens (including phenoxy) is 1. The molecule has 1 heterocycles. The van der Waals surface area contributed by atoms with Gasteiger partial charge < -0.3 is 15.0 Å². The molecule has 2 aromatic rings. The molecule has 1 atom stereocenters. The van der Waals surface area contributed by atoms with Crippen LogP contribution in [0.5, 0.6) is 0 Å². The molecule has 2 rings (SSSR count). The van der Waals surface area contributed by atoms with Crippen molar-refractivity contribution < 1.29 is 9.53 Å². The highest BCUT2D eigenvalue weighted by Crippen LogP contribution is 2.24. The molecule has 0 aliphatic rings. The Balaban J connectivity index is 1.99. The molecule has 2 N–H and O–H groups in total. The third kappa shape index (κ3) is 3.53. The summed E-state index contributed by atoms with van der Waals surface area (Å²) in [5.41, 5.74) is 1.86. The molecular weight excluding hydrogens is 252 g/mol. The number of hydrogen-bond donors (Lipinski definition) is 2. The highest BCUT2D eigenvalue weighted by Gasteiger charge is 2.17. The molecule has 0 fully saturated rings. The lowest BCUT2D eigenvalue weighted by molar-refractivity contribution is 0.0525. The number of rotatable bonds is 3. The minimum Gasteiger partial charge on any atom is -0.444 e.